The van der Waals surface area contributed by atoms with E-state index < -0.39 is 20.6 Å². The summed E-state index contributed by atoms with van der Waals surface area (Å²) in [7, 11) is -3.93. The van der Waals surface area contributed by atoms with Crippen LogP contribution in [0.2, 0.25) is 0 Å². The molecule has 0 heterocycles. The Kier molecular flexibility index (Phi) is 4.79. The first-order valence-electron chi connectivity index (χ1n) is 6.52. The zero-order valence-corrected chi connectivity index (χ0v) is 12.7. The van der Waals surface area contributed by atoms with Crippen LogP contribution in [0.15, 0.2) is 70.6 Å². The third kappa shape index (κ3) is 3.56. The van der Waals surface area contributed by atoms with Gasteiger partial charge in [-0.05, 0) is 24.3 Å². The maximum atomic E-state index is 12.4. The number of hydrogen-bond donors (Lipinski definition) is 2. The standard InChI is InChI=1S/C16H13N3O3S/c17-10-13(23(21,22)12-6-2-1-3-7-12)11-19-15-9-5-4-8-14(15)16(18)20/h1-9,11,19H,(H2,18,20)/b13-11+. The van der Waals surface area contributed by atoms with Gasteiger partial charge in [0.1, 0.15) is 6.07 Å². The minimum Gasteiger partial charge on any atom is -0.366 e. The van der Waals surface area contributed by atoms with Crippen molar-refractivity contribution < 1.29 is 13.2 Å². The van der Waals surface area contributed by atoms with E-state index in [1.165, 1.54) is 18.2 Å². The number of benzene rings is 2. The Balaban J connectivity index is 2.38. The van der Waals surface area contributed by atoms with Gasteiger partial charge in [-0.3, -0.25) is 4.79 Å². The van der Waals surface area contributed by atoms with Gasteiger partial charge in [0, 0.05) is 6.20 Å². The first-order valence-corrected chi connectivity index (χ1v) is 8.01. The number of nitriles is 1. The van der Waals surface area contributed by atoms with Gasteiger partial charge in [0.25, 0.3) is 5.91 Å². The highest BCUT2D eigenvalue weighted by Gasteiger charge is 2.20. The summed E-state index contributed by atoms with van der Waals surface area (Å²) in [6.07, 6.45) is 1.05. The third-order valence-electron chi connectivity index (χ3n) is 3.00. The zero-order valence-electron chi connectivity index (χ0n) is 11.9. The molecule has 0 fully saturated rings. The van der Waals surface area contributed by atoms with Gasteiger partial charge in [-0.2, -0.15) is 5.26 Å². The molecule has 2 rings (SSSR count). The summed E-state index contributed by atoms with van der Waals surface area (Å²) in [6.45, 7) is 0. The average Bonchev–Trinajstić information content (AvgIpc) is 2.56. The molecule has 0 spiro atoms. The van der Waals surface area contributed by atoms with Crippen LogP contribution in [-0.4, -0.2) is 14.3 Å². The van der Waals surface area contributed by atoms with Gasteiger partial charge in [0.2, 0.25) is 9.84 Å². The van der Waals surface area contributed by atoms with Gasteiger partial charge in [0.05, 0.1) is 16.1 Å². The van der Waals surface area contributed by atoms with Crippen LogP contribution in [0.5, 0.6) is 0 Å². The van der Waals surface area contributed by atoms with Crippen LogP contribution in [0.1, 0.15) is 10.4 Å². The van der Waals surface area contributed by atoms with Gasteiger partial charge >= 0.3 is 0 Å². The molecule has 0 bridgehead atoms. The van der Waals surface area contributed by atoms with Crippen molar-refractivity contribution in [1.82, 2.24) is 0 Å². The second-order valence-corrected chi connectivity index (χ2v) is 6.41. The summed E-state index contributed by atoms with van der Waals surface area (Å²) in [5.41, 5.74) is 5.76. The van der Waals surface area contributed by atoms with E-state index in [9.17, 15) is 13.2 Å². The Morgan fingerprint density at radius 1 is 1.09 bits per heavy atom. The molecule has 0 atom stereocenters. The molecular weight excluding hydrogens is 314 g/mol. The normalized spacial score (nSPS) is 11.5. The van der Waals surface area contributed by atoms with Crippen molar-refractivity contribution in [3.63, 3.8) is 0 Å². The number of carbonyl (C=O) groups is 1. The van der Waals surface area contributed by atoms with Gasteiger partial charge in [-0.1, -0.05) is 30.3 Å². The zero-order chi connectivity index (χ0) is 16.9. The van der Waals surface area contributed by atoms with Crippen molar-refractivity contribution in [2.24, 2.45) is 5.73 Å². The number of anilines is 1. The summed E-state index contributed by atoms with van der Waals surface area (Å²) in [5, 5.41) is 11.8. The number of nitrogens with zero attached hydrogens (tertiary/aromatic N) is 1. The average molecular weight is 327 g/mol. The van der Waals surface area contributed by atoms with Crippen molar-refractivity contribution >= 4 is 21.4 Å². The Bertz CT molecular complexity index is 898. The molecule has 0 radical (unpaired) electrons. The molecule has 0 saturated carbocycles. The predicted molar refractivity (Wildman–Crippen MR) is 85.9 cm³/mol. The fraction of sp³-hybridized carbons (Fsp3) is 0. The number of nitrogens with two attached hydrogens (primary N) is 1. The van der Waals surface area contributed by atoms with E-state index in [4.69, 9.17) is 11.0 Å². The molecule has 6 nitrogen and oxygen atoms in total. The highest BCUT2D eigenvalue weighted by atomic mass is 32.2. The first-order chi connectivity index (χ1) is 11.0. The van der Waals surface area contributed by atoms with Gasteiger partial charge in [-0.25, -0.2) is 8.42 Å². The molecule has 3 N–H and O–H groups in total. The molecule has 2 aromatic rings. The number of sulfone groups is 1. The summed E-state index contributed by atoms with van der Waals surface area (Å²) in [4.78, 5) is 10.9. The second kappa shape index (κ2) is 6.77. The molecule has 2 aromatic carbocycles. The number of nitrogens with one attached hydrogen (secondary N) is 1. The van der Waals surface area contributed by atoms with Crippen LogP contribution in [0.25, 0.3) is 0 Å². The number of para-hydroxylation sites is 1. The fourth-order valence-corrected chi connectivity index (χ4v) is 2.97. The SMILES string of the molecule is N#C/C(=C\Nc1ccccc1C(N)=O)S(=O)(=O)c1ccccc1. The van der Waals surface area contributed by atoms with Crippen molar-refractivity contribution in [2.75, 3.05) is 5.32 Å². The minimum absolute atomic E-state index is 0.0118. The van der Waals surface area contributed by atoms with Gasteiger partial charge in [-0.15, -0.1) is 0 Å². The first kappa shape index (κ1) is 16.3. The molecule has 1 amide bonds. The van der Waals surface area contributed by atoms with Crippen LogP contribution in [-0.2, 0) is 9.84 Å². The van der Waals surface area contributed by atoms with Crippen molar-refractivity contribution in [3.05, 3.63) is 71.3 Å². The predicted octanol–water partition coefficient (Wildman–Crippen LogP) is 2.04. The molecule has 0 saturated heterocycles. The Labute approximate surface area is 133 Å². The molecule has 23 heavy (non-hydrogen) atoms. The van der Waals surface area contributed by atoms with Crippen LogP contribution >= 0.6 is 0 Å². The van der Waals surface area contributed by atoms with E-state index in [2.05, 4.69) is 5.32 Å². The molecule has 0 aliphatic carbocycles. The van der Waals surface area contributed by atoms with Crippen molar-refractivity contribution in [1.29, 1.82) is 5.26 Å². The summed E-state index contributed by atoms with van der Waals surface area (Å²) < 4.78 is 24.8. The maximum absolute atomic E-state index is 12.4. The lowest BCUT2D eigenvalue weighted by atomic mass is 10.1. The van der Waals surface area contributed by atoms with Crippen molar-refractivity contribution in [3.8, 4) is 6.07 Å². The lowest BCUT2D eigenvalue weighted by Crippen LogP contribution is -2.13. The molecule has 0 aliphatic rings. The number of amides is 1. The Morgan fingerprint density at radius 3 is 2.30 bits per heavy atom. The third-order valence-corrected chi connectivity index (χ3v) is 4.69. The number of carbonyl (C=O) groups excluding carboxylic acids is 1. The second-order valence-electron chi connectivity index (χ2n) is 4.49. The molecule has 116 valence electrons. The highest BCUT2D eigenvalue weighted by molar-refractivity contribution is 7.95. The van der Waals surface area contributed by atoms with Gasteiger partial charge in [0.15, 0.2) is 4.91 Å². The topological polar surface area (TPSA) is 113 Å². The number of hydrogen-bond acceptors (Lipinski definition) is 5. The Hall–Kier alpha value is -3.11. The maximum Gasteiger partial charge on any atom is 0.250 e. The van der Waals surface area contributed by atoms with E-state index in [0.29, 0.717) is 5.69 Å². The lowest BCUT2D eigenvalue weighted by molar-refractivity contribution is 0.100. The molecule has 7 heteroatoms. The van der Waals surface area contributed by atoms with E-state index >= 15 is 0 Å². The van der Waals surface area contributed by atoms with E-state index in [0.717, 1.165) is 6.20 Å². The minimum atomic E-state index is -3.93. The van der Waals surface area contributed by atoms with Gasteiger partial charge < -0.3 is 11.1 Å². The molecular formula is C16H13N3O3S. The van der Waals surface area contributed by atoms with Crippen LogP contribution < -0.4 is 11.1 Å². The quantitative estimate of drug-likeness (QED) is 0.816. The van der Waals surface area contributed by atoms with Crippen molar-refractivity contribution in [2.45, 2.75) is 4.90 Å². The largest absolute Gasteiger partial charge is 0.366 e. The molecule has 0 aromatic heterocycles. The monoisotopic (exact) mass is 327 g/mol. The highest BCUT2D eigenvalue weighted by Crippen LogP contribution is 2.20. The van der Waals surface area contributed by atoms with E-state index in [1.54, 1.807) is 42.5 Å². The van der Waals surface area contributed by atoms with Crippen LogP contribution in [0, 0.1) is 11.3 Å². The van der Waals surface area contributed by atoms with Crippen LogP contribution in [0.3, 0.4) is 0 Å². The summed E-state index contributed by atoms with van der Waals surface area (Å²) in [5.74, 6) is -0.661. The molecule has 0 aliphatic heterocycles. The Morgan fingerprint density at radius 2 is 1.70 bits per heavy atom. The number of rotatable bonds is 5. The number of allylic oxidation sites excluding steroid dienone is 1. The van der Waals surface area contributed by atoms with E-state index in [1.807, 2.05) is 0 Å². The summed E-state index contributed by atoms with van der Waals surface area (Å²) >= 11 is 0. The number of primary amides is 1. The van der Waals surface area contributed by atoms with E-state index in [-0.39, 0.29) is 10.5 Å². The fourth-order valence-electron chi connectivity index (χ4n) is 1.86. The molecule has 0 unspecified atom stereocenters. The van der Waals surface area contributed by atoms with Crippen LogP contribution in [0.4, 0.5) is 5.69 Å². The lowest BCUT2D eigenvalue weighted by Gasteiger charge is -2.07. The smallest absolute Gasteiger partial charge is 0.250 e. The summed E-state index contributed by atoms with van der Waals surface area (Å²) in [6, 6.07) is 15.6.